The standard InChI is InChI=1S/C23H25N3O6/c1-29-17-8-6-14-11-24-26(23(28)21(14)22(17)32-4)12-20(27)25-16-7-5-13-9-18(30-2)19(31-3)10-15(13)16/h6,8-11,16H,5,7,12H2,1-4H3,(H,25,27)/t16-/m1/s1. The number of carbonyl (C=O) groups is 1. The van der Waals surface area contributed by atoms with Crippen LogP contribution in [-0.2, 0) is 17.8 Å². The van der Waals surface area contributed by atoms with Gasteiger partial charge in [0.1, 0.15) is 6.54 Å². The van der Waals surface area contributed by atoms with E-state index in [0.717, 1.165) is 28.7 Å². The van der Waals surface area contributed by atoms with Gasteiger partial charge in [-0.3, -0.25) is 9.59 Å². The van der Waals surface area contributed by atoms with Crippen LogP contribution in [0.5, 0.6) is 23.0 Å². The minimum absolute atomic E-state index is 0.178. The highest BCUT2D eigenvalue weighted by Crippen LogP contribution is 2.39. The van der Waals surface area contributed by atoms with Gasteiger partial charge in [0.05, 0.1) is 46.1 Å². The van der Waals surface area contributed by atoms with E-state index in [0.29, 0.717) is 33.8 Å². The van der Waals surface area contributed by atoms with Gasteiger partial charge in [-0.2, -0.15) is 5.10 Å². The number of aromatic nitrogens is 2. The molecule has 168 valence electrons. The molecule has 1 aromatic heterocycles. The number of aryl methyl sites for hydroxylation is 1. The van der Waals surface area contributed by atoms with Crippen LogP contribution in [-0.4, -0.2) is 44.1 Å². The van der Waals surface area contributed by atoms with Crippen molar-refractivity contribution < 1.29 is 23.7 Å². The van der Waals surface area contributed by atoms with Gasteiger partial charge in [0.25, 0.3) is 5.56 Å². The normalized spacial score (nSPS) is 14.7. The van der Waals surface area contributed by atoms with Crippen LogP contribution >= 0.6 is 0 Å². The molecule has 0 unspecified atom stereocenters. The fraction of sp³-hybridized carbons (Fsp3) is 0.348. The first-order valence-corrected chi connectivity index (χ1v) is 10.2. The molecule has 0 fully saturated rings. The second-order valence-corrected chi connectivity index (χ2v) is 7.44. The van der Waals surface area contributed by atoms with Crippen molar-refractivity contribution in [3.8, 4) is 23.0 Å². The number of amides is 1. The van der Waals surface area contributed by atoms with Crippen molar-refractivity contribution in [1.82, 2.24) is 15.1 Å². The van der Waals surface area contributed by atoms with Crippen molar-refractivity contribution in [3.05, 3.63) is 51.9 Å². The number of nitrogens with one attached hydrogen (secondary N) is 1. The molecule has 9 nitrogen and oxygen atoms in total. The summed E-state index contributed by atoms with van der Waals surface area (Å²) in [5, 5.41) is 8.09. The molecule has 9 heteroatoms. The molecule has 0 aliphatic heterocycles. The third-order valence-corrected chi connectivity index (χ3v) is 5.71. The van der Waals surface area contributed by atoms with Crippen LogP contribution in [0.2, 0.25) is 0 Å². The molecule has 1 aliphatic carbocycles. The maximum Gasteiger partial charge on any atom is 0.279 e. The maximum absolute atomic E-state index is 13.1. The Morgan fingerprint density at radius 3 is 2.47 bits per heavy atom. The fourth-order valence-corrected chi connectivity index (χ4v) is 4.16. The zero-order valence-electron chi connectivity index (χ0n) is 18.4. The monoisotopic (exact) mass is 439 g/mol. The SMILES string of the molecule is COc1cc2c(cc1OC)[C@H](NC(=O)Cn1ncc3ccc(OC)c(OC)c3c1=O)CC2. The number of benzene rings is 2. The summed E-state index contributed by atoms with van der Waals surface area (Å²) < 4.78 is 22.6. The van der Waals surface area contributed by atoms with Gasteiger partial charge in [-0.15, -0.1) is 0 Å². The number of rotatable bonds is 7. The Kier molecular flexibility index (Phi) is 5.89. The van der Waals surface area contributed by atoms with E-state index in [1.807, 2.05) is 12.1 Å². The summed E-state index contributed by atoms with van der Waals surface area (Å²) in [6.45, 7) is -0.214. The van der Waals surface area contributed by atoms with Crippen molar-refractivity contribution in [2.45, 2.75) is 25.4 Å². The topological polar surface area (TPSA) is 101 Å². The first-order valence-electron chi connectivity index (χ1n) is 10.2. The van der Waals surface area contributed by atoms with Gasteiger partial charge in [0.2, 0.25) is 5.91 Å². The highest BCUT2D eigenvalue weighted by atomic mass is 16.5. The van der Waals surface area contributed by atoms with E-state index >= 15 is 0 Å². The van der Waals surface area contributed by atoms with Gasteiger partial charge < -0.3 is 24.3 Å². The van der Waals surface area contributed by atoms with E-state index in [4.69, 9.17) is 18.9 Å². The molecule has 3 aromatic rings. The van der Waals surface area contributed by atoms with Crippen molar-refractivity contribution in [2.24, 2.45) is 0 Å². The summed E-state index contributed by atoms with van der Waals surface area (Å²) >= 11 is 0. The molecule has 1 heterocycles. The molecular formula is C23H25N3O6. The minimum atomic E-state index is -0.424. The van der Waals surface area contributed by atoms with Gasteiger partial charge in [0.15, 0.2) is 23.0 Å². The predicted molar refractivity (Wildman–Crippen MR) is 118 cm³/mol. The lowest BCUT2D eigenvalue weighted by atomic mass is 10.1. The average Bonchev–Trinajstić information content (AvgIpc) is 3.20. The van der Waals surface area contributed by atoms with E-state index in [2.05, 4.69) is 10.4 Å². The highest BCUT2D eigenvalue weighted by molar-refractivity contribution is 5.89. The first-order chi connectivity index (χ1) is 15.5. The van der Waals surface area contributed by atoms with Crippen LogP contribution < -0.4 is 29.8 Å². The number of hydrogen-bond acceptors (Lipinski definition) is 7. The Morgan fingerprint density at radius 2 is 1.78 bits per heavy atom. The number of fused-ring (bicyclic) bond motifs is 2. The van der Waals surface area contributed by atoms with E-state index in [9.17, 15) is 9.59 Å². The Labute approximate surface area is 184 Å². The largest absolute Gasteiger partial charge is 0.493 e. The number of carbonyl (C=O) groups excluding carboxylic acids is 1. The number of ether oxygens (including phenoxy) is 4. The molecule has 0 radical (unpaired) electrons. The number of methoxy groups -OCH3 is 4. The maximum atomic E-state index is 13.1. The zero-order chi connectivity index (χ0) is 22.8. The summed E-state index contributed by atoms with van der Waals surface area (Å²) in [4.78, 5) is 25.9. The van der Waals surface area contributed by atoms with Crippen molar-refractivity contribution in [2.75, 3.05) is 28.4 Å². The number of hydrogen-bond donors (Lipinski definition) is 1. The lowest BCUT2D eigenvalue weighted by molar-refractivity contribution is -0.122. The molecule has 4 rings (SSSR count). The molecule has 0 saturated heterocycles. The minimum Gasteiger partial charge on any atom is -0.493 e. The molecule has 1 amide bonds. The summed E-state index contributed by atoms with van der Waals surface area (Å²) in [6, 6.07) is 7.09. The van der Waals surface area contributed by atoms with Crippen molar-refractivity contribution in [3.63, 3.8) is 0 Å². The summed E-state index contributed by atoms with van der Waals surface area (Å²) in [6.07, 6.45) is 3.10. The lowest BCUT2D eigenvalue weighted by Crippen LogP contribution is -2.35. The molecule has 0 spiro atoms. The summed E-state index contributed by atoms with van der Waals surface area (Å²) in [5.74, 6) is 1.72. The fourth-order valence-electron chi connectivity index (χ4n) is 4.16. The second kappa shape index (κ2) is 8.78. The van der Waals surface area contributed by atoms with Gasteiger partial charge in [-0.1, -0.05) is 0 Å². The smallest absolute Gasteiger partial charge is 0.279 e. The highest BCUT2D eigenvalue weighted by Gasteiger charge is 2.27. The Morgan fingerprint density at radius 1 is 1.06 bits per heavy atom. The van der Waals surface area contributed by atoms with E-state index in [-0.39, 0.29) is 18.5 Å². The third kappa shape index (κ3) is 3.70. The van der Waals surface area contributed by atoms with Crippen LogP contribution in [0.25, 0.3) is 10.8 Å². The quantitative estimate of drug-likeness (QED) is 0.602. The van der Waals surface area contributed by atoms with Gasteiger partial charge in [0, 0.05) is 5.39 Å². The summed E-state index contributed by atoms with van der Waals surface area (Å²) in [5.41, 5.74) is 1.67. The molecule has 1 N–H and O–H groups in total. The first kappa shape index (κ1) is 21.5. The van der Waals surface area contributed by atoms with Crippen LogP contribution in [0, 0.1) is 0 Å². The molecular weight excluding hydrogens is 414 g/mol. The van der Waals surface area contributed by atoms with Crippen LogP contribution in [0.3, 0.4) is 0 Å². The van der Waals surface area contributed by atoms with Gasteiger partial charge >= 0.3 is 0 Å². The van der Waals surface area contributed by atoms with Gasteiger partial charge in [-0.05, 0) is 48.2 Å². The second-order valence-electron chi connectivity index (χ2n) is 7.44. The van der Waals surface area contributed by atoms with Crippen LogP contribution in [0.15, 0.2) is 35.3 Å². The Bertz CT molecular complexity index is 1240. The molecule has 32 heavy (non-hydrogen) atoms. The van der Waals surface area contributed by atoms with E-state index in [1.54, 1.807) is 26.4 Å². The average molecular weight is 439 g/mol. The molecule has 0 bridgehead atoms. The molecule has 1 atom stereocenters. The van der Waals surface area contributed by atoms with Crippen LogP contribution in [0.1, 0.15) is 23.6 Å². The van der Waals surface area contributed by atoms with Crippen molar-refractivity contribution in [1.29, 1.82) is 0 Å². The number of nitrogens with zero attached hydrogens (tertiary/aromatic N) is 2. The zero-order valence-corrected chi connectivity index (χ0v) is 18.4. The van der Waals surface area contributed by atoms with Gasteiger partial charge in [-0.25, -0.2) is 4.68 Å². The molecule has 1 aliphatic rings. The Hall–Kier alpha value is -3.75. The van der Waals surface area contributed by atoms with Crippen LogP contribution in [0.4, 0.5) is 0 Å². The lowest BCUT2D eigenvalue weighted by Gasteiger charge is -2.17. The molecule has 2 aromatic carbocycles. The van der Waals surface area contributed by atoms with E-state index < -0.39 is 5.56 Å². The van der Waals surface area contributed by atoms with Crippen molar-refractivity contribution >= 4 is 16.7 Å². The molecule has 0 saturated carbocycles. The van der Waals surface area contributed by atoms with E-state index in [1.165, 1.54) is 20.4 Å². The predicted octanol–water partition coefficient (Wildman–Crippen LogP) is 2.23. The third-order valence-electron chi connectivity index (χ3n) is 5.71. The Balaban J connectivity index is 1.59. The summed E-state index contributed by atoms with van der Waals surface area (Å²) in [7, 11) is 6.14.